The summed E-state index contributed by atoms with van der Waals surface area (Å²) in [5.41, 5.74) is -1.54. The number of fused-ring (bicyclic) bond motifs is 3. The average Bonchev–Trinajstić information content (AvgIpc) is 1.08. The smallest absolute Gasteiger partial charge is 0.381 e. The van der Waals surface area contributed by atoms with E-state index in [4.69, 9.17) is 4.74 Å². The Labute approximate surface area is 602 Å². The highest BCUT2D eigenvalue weighted by Gasteiger charge is 2.54. The summed E-state index contributed by atoms with van der Waals surface area (Å²) in [5, 5.41) is 8.81. The lowest BCUT2D eigenvalue weighted by Gasteiger charge is -2.46. The van der Waals surface area contributed by atoms with Crippen LogP contribution in [0.3, 0.4) is 0 Å². The van der Waals surface area contributed by atoms with E-state index >= 15 is 28.8 Å². The van der Waals surface area contributed by atoms with E-state index in [9.17, 15) is 41.9 Å². The summed E-state index contributed by atoms with van der Waals surface area (Å²) in [5.74, 6) is -10.3. The monoisotopic (exact) mass is 1440 g/mol. The van der Waals surface area contributed by atoms with Gasteiger partial charge in [0.2, 0.25) is 70.9 Å². The second kappa shape index (κ2) is 36.2. The van der Waals surface area contributed by atoms with Gasteiger partial charge in [0.05, 0.1) is 31.5 Å². The molecule has 3 unspecified atom stereocenters. The molecule has 12 amide bonds. The molecule has 0 aromatic rings. The van der Waals surface area contributed by atoms with E-state index in [1.54, 1.807) is 26.8 Å². The zero-order valence-corrected chi connectivity index (χ0v) is 63.2. The third-order valence-electron chi connectivity index (χ3n) is 24.0. The number of likely N-dealkylation sites (N-methyl/N-ethyl adjacent to an activating group) is 7. The van der Waals surface area contributed by atoms with E-state index in [1.165, 1.54) is 101 Å². The minimum atomic E-state index is -4.50. The Morgan fingerprint density at radius 1 is 0.667 bits per heavy atom. The van der Waals surface area contributed by atoms with Gasteiger partial charge in [-0.15, -0.1) is 0 Å². The number of rotatable bonds is 12. The van der Waals surface area contributed by atoms with Gasteiger partial charge in [0.1, 0.15) is 53.9 Å². The third-order valence-corrected chi connectivity index (χ3v) is 24.0. The Hall–Kier alpha value is -6.87. The molecule has 0 radical (unpaired) electrons. The van der Waals surface area contributed by atoms with Crippen molar-refractivity contribution in [1.82, 2.24) is 60.0 Å². The molecule has 7 rings (SSSR count). The summed E-state index contributed by atoms with van der Waals surface area (Å²) in [7, 11) is 11.4. The first-order valence-electron chi connectivity index (χ1n) is 37.7. The molecule has 4 saturated carbocycles. The molecule has 6 fully saturated rings. The first kappa shape index (κ1) is 82.4. The molecule has 574 valence electrons. The van der Waals surface area contributed by atoms with E-state index in [-0.39, 0.29) is 108 Å². The molecule has 3 heterocycles. The molecule has 25 nitrogen and oxygen atoms in total. The van der Waals surface area contributed by atoms with Crippen molar-refractivity contribution in [2.45, 2.75) is 255 Å². The number of methoxy groups -OCH3 is 1. The number of nitrogens with one attached hydrogen (secondary N) is 3. The van der Waals surface area contributed by atoms with Crippen LogP contribution >= 0.6 is 0 Å². The van der Waals surface area contributed by atoms with E-state index in [2.05, 4.69) is 22.9 Å². The van der Waals surface area contributed by atoms with E-state index in [1.807, 2.05) is 19.9 Å². The number of alkyl halides is 3. The third kappa shape index (κ3) is 19.5. The normalized spacial score (nSPS) is 32.2. The first-order valence-corrected chi connectivity index (χ1v) is 37.7. The van der Waals surface area contributed by atoms with Crippen molar-refractivity contribution < 1.29 is 75.4 Å². The highest BCUT2D eigenvalue weighted by molar-refractivity contribution is 6.01. The Kier molecular flexibility index (Phi) is 29.3. The fourth-order valence-electron chi connectivity index (χ4n) is 16.8. The lowest BCUT2D eigenvalue weighted by Crippen LogP contribution is -2.68. The summed E-state index contributed by atoms with van der Waals surface area (Å²) < 4.78 is 48.2. The molecule has 3 N–H and O–H groups in total. The van der Waals surface area contributed by atoms with Crippen molar-refractivity contribution in [2.75, 3.05) is 89.2 Å². The van der Waals surface area contributed by atoms with Gasteiger partial charge < -0.3 is 64.8 Å². The summed E-state index contributed by atoms with van der Waals surface area (Å²) >= 11 is 0. The van der Waals surface area contributed by atoms with Gasteiger partial charge in [-0.1, -0.05) is 91.7 Å². The van der Waals surface area contributed by atoms with Gasteiger partial charge in [-0.05, 0) is 139 Å². The SMILES string of the molecule is CC[C@H](C)[C@@H]1NC(=O)[C@H](CC)N(C)C(=O)C[C@@H](C(=O)N(C)CC)N(C)C(=O)[C@H](C2CCCC2)N(C)C(=O)C2(CCC2)NC(=O)[C@@H]2C[C@H](C)CN2C(=O)[C@H](CCC2CCC(C(F)(F)F)C(OC)C2)NC(=O)CN(C)C(=O)[C@H](CC2CCC(C)CC2)N2CC/C=C\C[C@@H](C2=O)N(C)C(=O)CN(C)C1=O. The lowest BCUT2D eigenvalue weighted by molar-refractivity contribution is -0.215. The van der Waals surface area contributed by atoms with Crippen molar-refractivity contribution in [3.8, 4) is 0 Å². The van der Waals surface area contributed by atoms with E-state index in [0.717, 1.165) is 38.5 Å². The number of hydrogen-bond acceptors (Lipinski definition) is 13. The molecule has 0 aromatic heterocycles. The molecular formula is C74H119F3N12O13. The molecule has 0 aromatic carbocycles. The summed E-state index contributed by atoms with van der Waals surface area (Å²) in [6, 6.07) is -9.77. The second-order valence-electron chi connectivity index (χ2n) is 31.1. The van der Waals surface area contributed by atoms with E-state index < -0.39 is 174 Å². The van der Waals surface area contributed by atoms with Crippen LogP contribution < -0.4 is 16.0 Å². The summed E-state index contributed by atoms with van der Waals surface area (Å²) in [6.07, 6.45) is 5.66. The van der Waals surface area contributed by atoms with E-state index in [0.29, 0.717) is 38.0 Å². The zero-order valence-electron chi connectivity index (χ0n) is 63.2. The number of amides is 12. The second-order valence-corrected chi connectivity index (χ2v) is 31.1. The fraction of sp³-hybridized carbons (Fsp3) is 0.811. The first-order chi connectivity index (χ1) is 48.1. The molecule has 28 heteroatoms. The van der Waals surface area contributed by atoms with Crippen molar-refractivity contribution in [3.05, 3.63) is 12.2 Å². The van der Waals surface area contributed by atoms with Crippen molar-refractivity contribution in [2.24, 2.45) is 41.4 Å². The minimum Gasteiger partial charge on any atom is -0.381 e. The molecule has 3 aliphatic heterocycles. The van der Waals surface area contributed by atoms with Crippen LogP contribution in [0.25, 0.3) is 0 Å². The molecule has 13 atom stereocenters. The highest BCUT2D eigenvalue weighted by Crippen LogP contribution is 2.43. The van der Waals surface area contributed by atoms with Crippen LogP contribution in [0, 0.1) is 41.4 Å². The predicted octanol–water partition coefficient (Wildman–Crippen LogP) is 5.52. The number of halogens is 3. The number of carbonyl (C=O) groups is 12. The quantitative estimate of drug-likeness (QED) is 0.203. The zero-order chi connectivity index (χ0) is 75.4. The van der Waals surface area contributed by atoms with Crippen molar-refractivity contribution in [3.63, 3.8) is 0 Å². The lowest BCUT2D eigenvalue weighted by atomic mass is 9.74. The van der Waals surface area contributed by atoms with Gasteiger partial charge in [-0.3, -0.25) is 57.5 Å². The van der Waals surface area contributed by atoms with Gasteiger partial charge in [0.25, 0.3) is 0 Å². The number of ether oxygens (including phenoxy) is 1. The standard InChI is InChI=1S/C74H119F3N12O13/c1-15-47(6)62-70(99)83(9)44-61(92)85(11)54-26-19-18-22-37-88(69(54)98)57(39-48-29-27-45(4)28-30-48)68(97)82(8)43-59(90)78-52(34-32-49-31-33-51(74(75,76)77)58(40-49)102-14)66(95)89-42-46(5)38-55(89)65(94)80-73(35-23-36-73)72(101)87(13)63(50-24-20-21-25-50)71(100)86(12)56(67(96)81(7)17-3)41-60(91)84(10)53(16-2)64(93)79-62/h18-19,45-58,62-63H,15-17,20-44H2,1-14H3,(H,78,90)(H,79,93)(H,80,94)/b19-18-/t45?,46-,47-,48?,49?,51?,52-,53-,54-,55-,56-,57-,58?,62-,63-/m0/s1. The molecule has 7 aliphatic rings. The summed E-state index contributed by atoms with van der Waals surface area (Å²) in [6.45, 7) is 10.3. The van der Waals surface area contributed by atoms with Crippen LogP contribution in [0.5, 0.6) is 0 Å². The minimum absolute atomic E-state index is 0.00920. The Balaban J connectivity index is 1.29. The Morgan fingerprint density at radius 3 is 1.91 bits per heavy atom. The highest BCUT2D eigenvalue weighted by atomic mass is 19.4. The molecule has 1 spiro atoms. The fourth-order valence-corrected chi connectivity index (χ4v) is 16.8. The largest absolute Gasteiger partial charge is 0.394 e. The van der Waals surface area contributed by atoms with Crippen LogP contribution in [0.15, 0.2) is 12.2 Å². The maximum Gasteiger partial charge on any atom is 0.394 e. The maximum atomic E-state index is 15.5. The summed E-state index contributed by atoms with van der Waals surface area (Å²) in [4.78, 5) is 192. The van der Waals surface area contributed by atoms with Crippen LogP contribution in [0.1, 0.15) is 189 Å². The Morgan fingerprint density at radius 2 is 1.31 bits per heavy atom. The maximum absolute atomic E-state index is 15.5. The van der Waals surface area contributed by atoms with Crippen molar-refractivity contribution >= 4 is 70.9 Å². The molecule has 4 aliphatic carbocycles. The number of carbonyl (C=O) groups excluding carboxylic acids is 12. The topological polar surface area (TPSA) is 279 Å². The van der Waals surface area contributed by atoms with Crippen LogP contribution in [0.2, 0.25) is 0 Å². The molecular weight excluding hydrogens is 1320 g/mol. The van der Waals surface area contributed by atoms with Crippen LogP contribution in [0.4, 0.5) is 13.2 Å². The van der Waals surface area contributed by atoms with Gasteiger partial charge in [-0.25, -0.2) is 0 Å². The molecule has 2 bridgehead atoms. The van der Waals surface area contributed by atoms with Gasteiger partial charge in [-0.2, -0.15) is 13.2 Å². The van der Waals surface area contributed by atoms with Gasteiger partial charge in [0.15, 0.2) is 0 Å². The van der Waals surface area contributed by atoms with Crippen molar-refractivity contribution in [1.29, 1.82) is 0 Å². The van der Waals surface area contributed by atoms with Crippen LogP contribution in [-0.4, -0.2) is 270 Å². The van der Waals surface area contributed by atoms with Gasteiger partial charge in [0, 0.05) is 76.1 Å². The Bertz CT molecular complexity index is 3030. The predicted molar refractivity (Wildman–Crippen MR) is 376 cm³/mol. The number of hydrogen-bond donors (Lipinski definition) is 3. The van der Waals surface area contributed by atoms with Gasteiger partial charge >= 0.3 is 6.18 Å². The number of nitrogens with zero attached hydrogens (tertiary/aromatic N) is 9. The molecule has 2 saturated heterocycles. The van der Waals surface area contributed by atoms with Crippen LogP contribution in [-0.2, 0) is 62.3 Å². The molecule has 102 heavy (non-hydrogen) atoms. The average molecular weight is 1440 g/mol.